The predicted molar refractivity (Wildman–Crippen MR) is 226 cm³/mol. The minimum atomic E-state index is -3.58. The van der Waals surface area contributed by atoms with E-state index in [1.807, 2.05) is 158 Å². The molecule has 0 unspecified atom stereocenters. The highest BCUT2D eigenvalue weighted by Crippen LogP contribution is 2.73. The molecule has 288 valence electrons. The average Bonchev–Trinajstić information content (AvgIpc) is 3.23. The molecular formula is C40H46N11O2P3. The average molecular weight is 806 g/mol. The number of aromatic nitrogens is 4. The highest BCUT2D eigenvalue weighted by molar-refractivity contribution is 7.82. The van der Waals surface area contributed by atoms with Gasteiger partial charge in [-0.15, -0.1) is 9.03 Å². The Morgan fingerprint density at radius 3 is 1.00 bits per heavy atom. The first-order chi connectivity index (χ1) is 27.6. The van der Waals surface area contributed by atoms with Gasteiger partial charge in [0.2, 0.25) is 15.0 Å². The fourth-order valence-electron chi connectivity index (χ4n) is 5.81. The van der Waals surface area contributed by atoms with E-state index in [4.69, 9.17) is 22.6 Å². The van der Waals surface area contributed by atoms with Gasteiger partial charge in [0.25, 0.3) is 0 Å². The van der Waals surface area contributed by atoms with Gasteiger partial charge in [0.1, 0.15) is 11.5 Å². The summed E-state index contributed by atoms with van der Waals surface area (Å²) < 4.78 is 30.7. The summed E-state index contributed by atoms with van der Waals surface area (Å²) in [5.74, 6) is 1.18. The van der Waals surface area contributed by atoms with Crippen molar-refractivity contribution >= 4 is 22.7 Å². The largest absolute Gasteiger partial charge is 0.454 e. The number of nitrogens with zero attached hydrogens (tertiary/aromatic N) is 7. The SMILES string of the molecule is c1ccc(OP2(Oc3ccccc3)=NP(NCCc3ccccn3)(NCCc3ccccn3)=NP(NCCc3ccccn3)(NCCc3ccccn3)=N2)cc1. The number of benzene rings is 2. The van der Waals surface area contributed by atoms with Crippen molar-refractivity contribution in [3.63, 3.8) is 0 Å². The predicted octanol–water partition coefficient (Wildman–Crippen LogP) is 8.91. The summed E-state index contributed by atoms with van der Waals surface area (Å²) in [7, 11) is -9.81. The fourth-order valence-corrected chi connectivity index (χ4v) is 16.7. The van der Waals surface area contributed by atoms with Crippen molar-refractivity contribution in [2.75, 3.05) is 26.2 Å². The summed E-state index contributed by atoms with van der Waals surface area (Å²) in [6.07, 6.45) is 9.87. The lowest BCUT2D eigenvalue weighted by molar-refractivity contribution is 0.477. The van der Waals surface area contributed by atoms with E-state index in [2.05, 4.69) is 40.3 Å². The van der Waals surface area contributed by atoms with Gasteiger partial charge in [-0.3, -0.25) is 40.3 Å². The van der Waals surface area contributed by atoms with Crippen molar-refractivity contribution in [1.29, 1.82) is 0 Å². The third-order valence-electron chi connectivity index (χ3n) is 8.44. The lowest BCUT2D eigenvalue weighted by Gasteiger charge is -2.36. The number of rotatable bonds is 20. The molecule has 6 aromatic rings. The van der Waals surface area contributed by atoms with Crippen LogP contribution in [0.15, 0.2) is 172 Å². The molecule has 0 saturated heterocycles. The Morgan fingerprint density at radius 2 is 0.679 bits per heavy atom. The van der Waals surface area contributed by atoms with Crippen LogP contribution >= 0.6 is 22.7 Å². The molecule has 1 aliphatic rings. The van der Waals surface area contributed by atoms with Crippen LogP contribution in [0.4, 0.5) is 0 Å². The molecule has 0 fully saturated rings. The van der Waals surface area contributed by atoms with Crippen LogP contribution in [0.2, 0.25) is 0 Å². The van der Waals surface area contributed by atoms with Crippen LogP contribution in [-0.4, -0.2) is 46.1 Å². The number of hydrogen-bond donors (Lipinski definition) is 4. The molecular weight excluding hydrogens is 759 g/mol. The van der Waals surface area contributed by atoms with E-state index in [1.165, 1.54) is 0 Å². The van der Waals surface area contributed by atoms with Gasteiger partial charge < -0.3 is 9.05 Å². The maximum absolute atomic E-state index is 6.96. The van der Waals surface area contributed by atoms with Gasteiger partial charge in [0.05, 0.1) is 0 Å². The van der Waals surface area contributed by atoms with E-state index in [9.17, 15) is 0 Å². The summed E-state index contributed by atoms with van der Waals surface area (Å²) in [4.78, 5) is 18.3. The van der Waals surface area contributed by atoms with Crippen LogP contribution in [0.1, 0.15) is 22.8 Å². The summed E-state index contributed by atoms with van der Waals surface area (Å²) in [6.45, 7) is 2.14. The van der Waals surface area contributed by atoms with Gasteiger partial charge in [0, 0.05) is 99.4 Å². The van der Waals surface area contributed by atoms with Crippen LogP contribution in [0, 0.1) is 0 Å². The molecule has 0 saturated carbocycles. The molecule has 7 rings (SSSR count). The second-order valence-corrected chi connectivity index (χ2v) is 19.8. The standard InChI is InChI=1S/C40H46N11O2P3/c1-3-19-39(20-4-1)52-56(53-40-21-5-2-6-22-40)50-54(45-31-23-35-15-7-11-27-41-35,46-32-24-36-16-8-12-28-42-36)49-55(51-56,47-33-25-37-17-9-13-29-43-37)48-34-26-38-18-10-14-30-44-38/h1-22,27-30,45-48H,23-26,31-34H2. The van der Waals surface area contributed by atoms with Crippen molar-refractivity contribution < 1.29 is 9.05 Å². The highest BCUT2D eigenvalue weighted by Gasteiger charge is 2.41. The van der Waals surface area contributed by atoms with Crippen LogP contribution in [-0.2, 0) is 25.7 Å². The molecule has 56 heavy (non-hydrogen) atoms. The van der Waals surface area contributed by atoms with Gasteiger partial charge >= 0.3 is 7.66 Å². The Kier molecular flexibility index (Phi) is 14.0. The summed E-state index contributed by atoms with van der Waals surface area (Å²) in [5, 5.41) is 15.2. The highest BCUT2D eigenvalue weighted by atomic mass is 31.3. The number of pyridine rings is 4. The monoisotopic (exact) mass is 805 g/mol. The normalized spacial score (nSPS) is 15.1. The van der Waals surface area contributed by atoms with Crippen LogP contribution < -0.4 is 29.4 Å². The summed E-state index contributed by atoms with van der Waals surface area (Å²) in [6, 6.07) is 43.0. The first kappa shape index (κ1) is 39.4. The van der Waals surface area contributed by atoms with Gasteiger partial charge in [0.15, 0.2) is 0 Å². The van der Waals surface area contributed by atoms with E-state index < -0.39 is 22.7 Å². The quantitative estimate of drug-likeness (QED) is 0.0550. The van der Waals surface area contributed by atoms with Crippen LogP contribution in [0.25, 0.3) is 0 Å². The van der Waals surface area contributed by atoms with E-state index in [1.54, 1.807) is 0 Å². The van der Waals surface area contributed by atoms with Gasteiger partial charge in [-0.05, 0) is 72.8 Å². The van der Waals surface area contributed by atoms with Crippen molar-refractivity contribution in [3.05, 3.63) is 181 Å². The summed E-state index contributed by atoms with van der Waals surface area (Å²) in [5.41, 5.74) is 3.83. The number of para-hydroxylation sites is 2. The van der Waals surface area contributed by atoms with E-state index >= 15 is 0 Å². The van der Waals surface area contributed by atoms with Crippen molar-refractivity contribution in [3.8, 4) is 11.5 Å². The van der Waals surface area contributed by atoms with Gasteiger partial charge in [-0.1, -0.05) is 60.7 Å². The van der Waals surface area contributed by atoms with Crippen molar-refractivity contribution in [2.45, 2.75) is 25.7 Å². The Balaban J connectivity index is 1.37. The summed E-state index contributed by atoms with van der Waals surface area (Å²) >= 11 is 0. The smallest absolute Gasteiger partial charge is 0.414 e. The molecule has 2 aromatic carbocycles. The van der Waals surface area contributed by atoms with Crippen LogP contribution in [0.5, 0.6) is 11.5 Å². The molecule has 16 heteroatoms. The lowest BCUT2D eigenvalue weighted by Crippen LogP contribution is -2.30. The van der Waals surface area contributed by atoms with E-state index in [0.717, 1.165) is 22.8 Å². The molecule has 13 nitrogen and oxygen atoms in total. The molecule has 0 aliphatic carbocycles. The molecule has 0 radical (unpaired) electrons. The molecule has 0 spiro atoms. The zero-order chi connectivity index (χ0) is 38.2. The zero-order valence-corrected chi connectivity index (χ0v) is 33.6. The van der Waals surface area contributed by atoms with E-state index in [0.29, 0.717) is 63.4 Å². The molecule has 5 heterocycles. The van der Waals surface area contributed by atoms with Crippen molar-refractivity contribution in [2.24, 2.45) is 13.5 Å². The Hall–Kier alpha value is -4.83. The first-order valence-corrected chi connectivity index (χ1v) is 23.5. The van der Waals surface area contributed by atoms with Crippen LogP contribution in [0.3, 0.4) is 0 Å². The second kappa shape index (κ2) is 19.9. The molecule has 1 aliphatic heterocycles. The Morgan fingerprint density at radius 1 is 0.357 bits per heavy atom. The number of hydrogen-bond acceptors (Lipinski definition) is 13. The maximum atomic E-state index is 6.96. The molecule has 4 aromatic heterocycles. The lowest BCUT2D eigenvalue weighted by atomic mass is 10.3. The second-order valence-electron chi connectivity index (χ2n) is 12.7. The van der Waals surface area contributed by atoms with E-state index in [-0.39, 0.29) is 0 Å². The fraction of sp³-hybridized carbons (Fsp3) is 0.200. The third-order valence-corrected chi connectivity index (χ3v) is 17.9. The topological polar surface area (TPSA) is 155 Å². The Bertz CT molecular complexity index is 2020. The van der Waals surface area contributed by atoms with Crippen molar-refractivity contribution in [1.82, 2.24) is 40.3 Å². The van der Waals surface area contributed by atoms with Gasteiger partial charge in [-0.25, -0.2) is 0 Å². The molecule has 0 atom stereocenters. The minimum Gasteiger partial charge on any atom is -0.414 e. The Labute approximate surface area is 328 Å². The zero-order valence-electron chi connectivity index (χ0n) is 31.0. The first-order valence-electron chi connectivity index (χ1n) is 18.6. The number of nitrogens with one attached hydrogen (secondary N) is 4. The minimum absolute atomic E-state index is 0.535. The van der Waals surface area contributed by atoms with Gasteiger partial charge in [-0.2, -0.15) is 4.52 Å². The third kappa shape index (κ3) is 11.6. The molecule has 0 bridgehead atoms. The molecule has 4 N–H and O–H groups in total. The maximum Gasteiger partial charge on any atom is 0.454 e. The molecule has 0 amide bonds.